The van der Waals surface area contributed by atoms with Crippen LogP contribution < -0.4 is 5.32 Å². The summed E-state index contributed by atoms with van der Waals surface area (Å²) in [5.74, 6) is 0.953. The summed E-state index contributed by atoms with van der Waals surface area (Å²) in [5.41, 5.74) is 3.96. The summed E-state index contributed by atoms with van der Waals surface area (Å²) < 4.78 is 1.06. The van der Waals surface area contributed by atoms with E-state index in [2.05, 4.69) is 58.3 Å². The van der Waals surface area contributed by atoms with E-state index in [9.17, 15) is 0 Å². The molecule has 2 aromatic rings. The molecular formula is C16H19BrN2S. The Labute approximate surface area is 133 Å². The summed E-state index contributed by atoms with van der Waals surface area (Å²) >= 11 is 5.31. The van der Waals surface area contributed by atoms with Gasteiger partial charge in [-0.15, -0.1) is 11.8 Å². The van der Waals surface area contributed by atoms with Crippen LogP contribution in [0.25, 0.3) is 0 Å². The van der Waals surface area contributed by atoms with Crippen molar-refractivity contribution in [2.75, 3.05) is 12.8 Å². The van der Waals surface area contributed by atoms with Crippen LogP contribution in [0.3, 0.4) is 0 Å². The Morgan fingerprint density at radius 3 is 2.55 bits per heavy atom. The smallest absolute Gasteiger partial charge is 0.110 e. The quantitative estimate of drug-likeness (QED) is 0.802. The van der Waals surface area contributed by atoms with Crippen molar-refractivity contribution in [3.05, 3.63) is 57.7 Å². The number of halogens is 1. The molecule has 1 aromatic heterocycles. The zero-order valence-corrected chi connectivity index (χ0v) is 14.4. The van der Waals surface area contributed by atoms with Gasteiger partial charge in [0, 0.05) is 22.5 Å². The number of nitrogens with zero attached hydrogens (tertiary/aromatic N) is 1. The van der Waals surface area contributed by atoms with Crippen LogP contribution in [0, 0.1) is 13.8 Å². The number of hydrogen-bond donors (Lipinski definition) is 1. The molecule has 1 N–H and O–H groups in total. The van der Waals surface area contributed by atoms with Crippen LogP contribution >= 0.6 is 27.7 Å². The van der Waals surface area contributed by atoms with E-state index in [-0.39, 0.29) is 0 Å². The summed E-state index contributed by atoms with van der Waals surface area (Å²) in [5, 5.41) is 4.44. The predicted molar refractivity (Wildman–Crippen MR) is 90.4 cm³/mol. The maximum absolute atomic E-state index is 4.40. The topological polar surface area (TPSA) is 24.9 Å². The third-order valence-electron chi connectivity index (χ3n) is 3.11. The lowest BCUT2D eigenvalue weighted by Crippen LogP contribution is -2.19. The molecular weight excluding hydrogens is 332 g/mol. The van der Waals surface area contributed by atoms with Gasteiger partial charge in [0.2, 0.25) is 0 Å². The zero-order chi connectivity index (χ0) is 14.5. The first-order valence-electron chi connectivity index (χ1n) is 6.59. The highest BCUT2D eigenvalue weighted by atomic mass is 79.9. The second-order valence-corrected chi connectivity index (χ2v) is 6.73. The van der Waals surface area contributed by atoms with Crippen molar-refractivity contribution < 1.29 is 0 Å². The molecule has 0 aliphatic heterocycles. The van der Waals surface area contributed by atoms with Gasteiger partial charge in [-0.25, -0.2) is 4.98 Å². The third kappa shape index (κ3) is 4.08. The first-order valence-corrected chi connectivity index (χ1v) is 8.37. The van der Waals surface area contributed by atoms with Gasteiger partial charge in [0.05, 0.1) is 0 Å². The number of nitrogens with one attached hydrogen (secondary N) is 1. The molecule has 1 heterocycles. The number of thioether (sulfide) groups is 1. The molecule has 2 nitrogen and oxygen atoms in total. The van der Waals surface area contributed by atoms with E-state index in [1.807, 2.05) is 25.4 Å². The standard InChI is InChI=1S/C16H19BrN2S/c1-11-7-12(2)9-13(8-11)15(18-3)10-20-16-14(17)5-4-6-19-16/h4-9,15,18H,10H2,1-3H3. The first-order chi connectivity index (χ1) is 9.60. The average Bonchev–Trinajstić information content (AvgIpc) is 2.40. The van der Waals surface area contributed by atoms with Crippen molar-refractivity contribution in [1.82, 2.24) is 10.3 Å². The van der Waals surface area contributed by atoms with Gasteiger partial charge >= 0.3 is 0 Å². The van der Waals surface area contributed by atoms with Crippen molar-refractivity contribution >= 4 is 27.7 Å². The van der Waals surface area contributed by atoms with Crippen molar-refractivity contribution in [3.8, 4) is 0 Å². The van der Waals surface area contributed by atoms with E-state index in [1.165, 1.54) is 16.7 Å². The highest BCUT2D eigenvalue weighted by molar-refractivity contribution is 9.10. The molecule has 0 saturated heterocycles. The number of aromatic nitrogens is 1. The minimum absolute atomic E-state index is 0.326. The SMILES string of the molecule is CNC(CSc1ncccc1Br)c1cc(C)cc(C)c1. The summed E-state index contributed by atoms with van der Waals surface area (Å²) in [6.45, 7) is 4.29. The average molecular weight is 351 g/mol. The van der Waals surface area contributed by atoms with Gasteiger partial charge in [0.1, 0.15) is 5.03 Å². The molecule has 0 fully saturated rings. The normalized spacial score (nSPS) is 12.4. The Hall–Kier alpha value is -0.840. The first kappa shape index (κ1) is 15.5. The number of aryl methyl sites for hydroxylation is 2. The molecule has 0 aliphatic carbocycles. The molecule has 1 atom stereocenters. The summed E-state index contributed by atoms with van der Waals surface area (Å²) in [7, 11) is 2.01. The van der Waals surface area contributed by atoms with Crippen LogP contribution in [0.1, 0.15) is 22.7 Å². The fourth-order valence-corrected chi connectivity index (χ4v) is 3.82. The number of benzene rings is 1. The van der Waals surface area contributed by atoms with Gasteiger partial charge in [-0.1, -0.05) is 29.3 Å². The molecule has 20 heavy (non-hydrogen) atoms. The largest absolute Gasteiger partial charge is 0.312 e. The number of hydrogen-bond acceptors (Lipinski definition) is 3. The second-order valence-electron chi connectivity index (χ2n) is 4.86. The van der Waals surface area contributed by atoms with Crippen LogP contribution in [-0.4, -0.2) is 17.8 Å². The Kier molecular flexibility index (Phi) is 5.64. The molecule has 0 amide bonds. The Bertz CT molecular complexity index is 566. The Morgan fingerprint density at radius 1 is 1.25 bits per heavy atom. The molecule has 0 aliphatic rings. The van der Waals surface area contributed by atoms with Gasteiger partial charge in [-0.05, 0) is 54.5 Å². The van der Waals surface area contributed by atoms with Gasteiger partial charge in [-0.3, -0.25) is 0 Å². The summed E-state index contributed by atoms with van der Waals surface area (Å²) in [6, 6.07) is 11.0. The van der Waals surface area contributed by atoms with Crippen molar-refractivity contribution in [2.45, 2.75) is 24.9 Å². The Morgan fingerprint density at radius 2 is 1.95 bits per heavy atom. The van der Waals surface area contributed by atoms with Gasteiger partial charge < -0.3 is 5.32 Å². The van der Waals surface area contributed by atoms with Crippen molar-refractivity contribution in [3.63, 3.8) is 0 Å². The summed E-state index contributed by atoms with van der Waals surface area (Å²) in [6.07, 6.45) is 1.83. The van der Waals surface area contributed by atoms with E-state index in [4.69, 9.17) is 0 Å². The van der Waals surface area contributed by atoms with Crippen LogP contribution in [0.2, 0.25) is 0 Å². The summed E-state index contributed by atoms with van der Waals surface area (Å²) in [4.78, 5) is 4.40. The number of pyridine rings is 1. The molecule has 0 spiro atoms. The van der Waals surface area contributed by atoms with E-state index < -0.39 is 0 Å². The van der Waals surface area contributed by atoms with Crippen LogP contribution in [0.4, 0.5) is 0 Å². The lowest BCUT2D eigenvalue weighted by atomic mass is 10.0. The van der Waals surface area contributed by atoms with E-state index >= 15 is 0 Å². The van der Waals surface area contributed by atoms with Crippen LogP contribution in [0.5, 0.6) is 0 Å². The molecule has 2 rings (SSSR count). The van der Waals surface area contributed by atoms with Crippen molar-refractivity contribution in [2.24, 2.45) is 0 Å². The fraction of sp³-hybridized carbons (Fsp3) is 0.312. The second kappa shape index (κ2) is 7.25. The minimum atomic E-state index is 0.326. The molecule has 4 heteroatoms. The lowest BCUT2D eigenvalue weighted by Gasteiger charge is -2.17. The monoisotopic (exact) mass is 350 g/mol. The van der Waals surface area contributed by atoms with E-state index in [0.29, 0.717) is 6.04 Å². The number of rotatable bonds is 5. The lowest BCUT2D eigenvalue weighted by molar-refractivity contribution is 0.660. The molecule has 1 aromatic carbocycles. The fourth-order valence-electron chi connectivity index (χ4n) is 2.20. The molecule has 106 valence electrons. The van der Waals surface area contributed by atoms with Gasteiger partial charge in [-0.2, -0.15) is 0 Å². The molecule has 0 radical (unpaired) electrons. The van der Waals surface area contributed by atoms with E-state index in [1.54, 1.807) is 11.8 Å². The van der Waals surface area contributed by atoms with Crippen LogP contribution in [0.15, 0.2) is 46.0 Å². The van der Waals surface area contributed by atoms with Crippen molar-refractivity contribution in [1.29, 1.82) is 0 Å². The molecule has 0 saturated carbocycles. The predicted octanol–water partition coefficient (Wildman–Crippen LogP) is 4.51. The van der Waals surface area contributed by atoms with Gasteiger partial charge in [0.15, 0.2) is 0 Å². The maximum atomic E-state index is 4.40. The molecule has 0 bridgehead atoms. The Balaban J connectivity index is 2.11. The zero-order valence-electron chi connectivity index (χ0n) is 12.0. The van der Waals surface area contributed by atoms with Crippen LogP contribution in [-0.2, 0) is 0 Å². The third-order valence-corrected chi connectivity index (χ3v) is 5.11. The van der Waals surface area contributed by atoms with E-state index in [0.717, 1.165) is 15.3 Å². The molecule has 1 unspecified atom stereocenters. The highest BCUT2D eigenvalue weighted by Gasteiger charge is 2.12. The minimum Gasteiger partial charge on any atom is -0.312 e. The highest BCUT2D eigenvalue weighted by Crippen LogP contribution is 2.29. The maximum Gasteiger partial charge on any atom is 0.110 e. The van der Waals surface area contributed by atoms with Gasteiger partial charge in [0.25, 0.3) is 0 Å².